The van der Waals surface area contributed by atoms with Crippen LogP contribution in [0.5, 0.6) is 0 Å². The Morgan fingerprint density at radius 2 is 1.67 bits per heavy atom. The van der Waals surface area contributed by atoms with E-state index in [1.165, 1.54) is 24.3 Å². The number of anilines is 1. The SMILES string of the molecule is N#Cc1cc(F)ccc1N1CCC(C(O)c2ccc(F)cc2)CC1. The summed E-state index contributed by atoms with van der Waals surface area (Å²) in [5.74, 6) is -0.657. The van der Waals surface area contributed by atoms with E-state index in [-0.39, 0.29) is 11.7 Å². The van der Waals surface area contributed by atoms with Gasteiger partial charge in [0.1, 0.15) is 17.7 Å². The smallest absolute Gasteiger partial charge is 0.124 e. The molecule has 0 radical (unpaired) electrons. The summed E-state index contributed by atoms with van der Waals surface area (Å²) >= 11 is 0. The highest BCUT2D eigenvalue weighted by atomic mass is 19.1. The molecule has 0 aliphatic carbocycles. The second-order valence-electron chi connectivity index (χ2n) is 6.09. The first-order valence-corrected chi connectivity index (χ1v) is 7.96. The molecule has 0 spiro atoms. The first-order chi connectivity index (χ1) is 11.6. The third-order valence-electron chi connectivity index (χ3n) is 4.62. The number of aliphatic hydroxyl groups excluding tert-OH is 1. The Balaban J connectivity index is 1.68. The third-order valence-corrected chi connectivity index (χ3v) is 4.62. The Morgan fingerprint density at radius 1 is 1.04 bits per heavy atom. The van der Waals surface area contributed by atoms with Crippen molar-refractivity contribution in [2.24, 2.45) is 5.92 Å². The van der Waals surface area contributed by atoms with Crippen LogP contribution in [0.15, 0.2) is 42.5 Å². The highest BCUT2D eigenvalue weighted by molar-refractivity contribution is 5.59. The molecular weight excluding hydrogens is 310 g/mol. The molecule has 3 nitrogen and oxygen atoms in total. The van der Waals surface area contributed by atoms with E-state index in [4.69, 9.17) is 0 Å². The fraction of sp³-hybridized carbons (Fsp3) is 0.316. The van der Waals surface area contributed by atoms with Crippen LogP contribution >= 0.6 is 0 Å². The van der Waals surface area contributed by atoms with Crippen LogP contribution in [0.3, 0.4) is 0 Å². The summed E-state index contributed by atoms with van der Waals surface area (Å²) in [4.78, 5) is 2.05. The van der Waals surface area contributed by atoms with Crippen molar-refractivity contribution in [3.8, 4) is 6.07 Å². The Morgan fingerprint density at radius 3 is 2.29 bits per heavy atom. The van der Waals surface area contributed by atoms with Crippen molar-refractivity contribution < 1.29 is 13.9 Å². The minimum Gasteiger partial charge on any atom is -0.388 e. The van der Waals surface area contributed by atoms with Crippen LogP contribution in [-0.2, 0) is 0 Å². The molecule has 24 heavy (non-hydrogen) atoms. The summed E-state index contributed by atoms with van der Waals surface area (Å²) in [7, 11) is 0. The summed E-state index contributed by atoms with van der Waals surface area (Å²) < 4.78 is 26.2. The van der Waals surface area contributed by atoms with Crippen LogP contribution in [-0.4, -0.2) is 18.2 Å². The predicted octanol–water partition coefficient (Wildman–Crippen LogP) is 3.79. The first-order valence-electron chi connectivity index (χ1n) is 7.96. The number of nitrogens with zero attached hydrogens (tertiary/aromatic N) is 2. The van der Waals surface area contributed by atoms with Gasteiger partial charge in [0, 0.05) is 13.1 Å². The van der Waals surface area contributed by atoms with Crippen LogP contribution in [0.4, 0.5) is 14.5 Å². The average Bonchev–Trinajstić information content (AvgIpc) is 2.62. The average molecular weight is 328 g/mol. The van der Waals surface area contributed by atoms with Crippen LogP contribution in [0.2, 0.25) is 0 Å². The number of piperidine rings is 1. The van der Waals surface area contributed by atoms with E-state index in [2.05, 4.69) is 0 Å². The highest BCUT2D eigenvalue weighted by Crippen LogP contribution is 2.33. The van der Waals surface area contributed by atoms with Gasteiger partial charge in [0.25, 0.3) is 0 Å². The van der Waals surface area contributed by atoms with Crippen molar-refractivity contribution >= 4 is 5.69 Å². The van der Waals surface area contributed by atoms with Gasteiger partial charge in [0.05, 0.1) is 17.4 Å². The molecule has 0 amide bonds. The van der Waals surface area contributed by atoms with Gasteiger partial charge >= 0.3 is 0 Å². The number of hydrogen-bond acceptors (Lipinski definition) is 3. The topological polar surface area (TPSA) is 47.3 Å². The maximum absolute atomic E-state index is 13.3. The number of nitriles is 1. The quantitative estimate of drug-likeness (QED) is 0.932. The molecule has 2 aromatic carbocycles. The molecule has 1 aliphatic rings. The van der Waals surface area contributed by atoms with Crippen LogP contribution in [0.1, 0.15) is 30.1 Å². The zero-order chi connectivity index (χ0) is 17.1. The van der Waals surface area contributed by atoms with E-state index >= 15 is 0 Å². The summed E-state index contributed by atoms with van der Waals surface area (Å²) in [6.45, 7) is 1.37. The maximum atomic E-state index is 13.3. The normalized spacial score (nSPS) is 16.7. The summed E-state index contributed by atoms with van der Waals surface area (Å²) in [6, 6.07) is 12.2. The molecule has 0 aromatic heterocycles. The van der Waals surface area contributed by atoms with Gasteiger partial charge in [0.2, 0.25) is 0 Å². The predicted molar refractivity (Wildman–Crippen MR) is 87.4 cm³/mol. The van der Waals surface area contributed by atoms with Gasteiger partial charge in [0.15, 0.2) is 0 Å². The van der Waals surface area contributed by atoms with Gasteiger partial charge in [-0.05, 0) is 54.7 Å². The minimum absolute atomic E-state index is 0.0812. The molecule has 0 bridgehead atoms. The maximum Gasteiger partial charge on any atom is 0.124 e. The largest absolute Gasteiger partial charge is 0.388 e. The van der Waals surface area contributed by atoms with E-state index in [1.54, 1.807) is 18.2 Å². The number of rotatable bonds is 3. The second kappa shape index (κ2) is 6.98. The van der Waals surface area contributed by atoms with Crippen molar-refractivity contribution in [1.82, 2.24) is 0 Å². The molecule has 0 saturated carbocycles. The molecule has 1 N–H and O–H groups in total. The molecule has 3 rings (SSSR count). The lowest BCUT2D eigenvalue weighted by Gasteiger charge is -2.36. The third kappa shape index (κ3) is 3.39. The van der Waals surface area contributed by atoms with Crippen LogP contribution < -0.4 is 4.90 Å². The molecule has 1 fully saturated rings. The summed E-state index contributed by atoms with van der Waals surface area (Å²) in [5, 5.41) is 19.7. The van der Waals surface area contributed by atoms with Gasteiger partial charge in [-0.15, -0.1) is 0 Å². The van der Waals surface area contributed by atoms with Gasteiger partial charge in [-0.3, -0.25) is 0 Å². The van der Waals surface area contributed by atoms with Gasteiger partial charge in [-0.1, -0.05) is 12.1 Å². The minimum atomic E-state index is -0.628. The molecule has 1 saturated heterocycles. The summed E-state index contributed by atoms with van der Waals surface area (Å²) in [6.07, 6.45) is 0.873. The lowest BCUT2D eigenvalue weighted by molar-refractivity contribution is 0.0929. The molecular formula is C19H18F2N2O. The Kier molecular flexibility index (Phi) is 4.77. The van der Waals surface area contributed by atoms with Crippen molar-refractivity contribution in [1.29, 1.82) is 5.26 Å². The molecule has 1 aliphatic heterocycles. The van der Waals surface area contributed by atoms with Crippen molar-refractivity contribution in [2.45, 2.75) is 18.9 Å². The van der Waals surface area contributed by atoms with Crippen LogP contribution in [0, 0.1) is 28.9 Å². The van der Waals surface area contributed by atoms with E-state index in [0.29, 0.717) is 24.2 Å². The Hall–Kier alpha value is -2.45. The zero-order valence-corrected chi connectivity index (χ0v) is 13.1. The number of benzene rings is 2. The second-order valence-corrected chi connectivity index (χ2v) is 6.09. The van der Waals surface area contributed by atoms with Crippen LogP contribution in [0.25, 0.3) is 0 Å². The van der Waals surface area contributed by atoms with Gasteiger partial charge in [-0.2, -0.15) is 5.26 Å². The summed E-state index contributed by atoms with van der Waals surface area (Å²) in [5.41, 5.74) is 1.77. The fourth-order valence-electron chi connectivity index (χ4n) is 3.26. The van der Waals surface area contributed by atoms with Crippen molar-refractivity contribution in [3.05, 3.63) is 65.2 Å². The lowest BCUT2D eigenvalue weighted by Crippen LogP contribution is -2.36. The fourth-order valence-corrected chi connectivity index (χ4v) is 3.26. The lowest BCUT2D eigenvalue weighted by atomic mass is 9.87. The monoisotopic (exact) mass is 328 g/mol. The highest BCUT2D eigenvalue weighted by Gasteiger charge is 2.27. The van der Waals surface area contributed by atoms with Crippen molar-refractivity contribution in [2.75, 3.05) is 18.0 Å². The van der Waals surface area contributed by atoms with E-state index < -0.39 is 11.9 Å². The zero-order valence-electron chi connectivity index (χ0n) is 13.1. The molecule has 2 aromatic rings. The molecule has 1 heterocycles. The van der Waals surface area contributed by atoms with E-state index in [1.807, 2.05) is 11.0 Å². The molecule has 124 valence electrons. The first kappa shape index (κ1) is 16.4. The van der Waals surface area contributed by atoms with E-state index in [9.17, 15) is 19.1 Å². The molecule has 5 heteroatoms. The van der Waals surface area contributed by atoms with Gasteiger partial charge < -0.3 is 10.0 Å². The molecule has 1 unspecified atom stereocenters. The standard InChI is InChI=1S/C19H18F2N2O/c20-16-3-1-13(2-4-16)19(24)14-7-9-23(10-8-14)18-6-5-17(21)11-15(18)12-22/h1-6,11,14,19,24H,7-10H2. The van der Waals surface area contributed by atoms with Gasteiger partial charge in [-0.25, -0.2) is 8.78 Å². The molecule has 1 atom stereocenters. The number of hydrogen-bond donors (Lipinski definition) is 1. The van der Waals surface area contributed by atoms with Crippen molar-refractivity contribution in [3.63, 3.8) is 0 Å². The number of aliphatic hydroxyl groups is 1. The Bertz CT molecular complexity index is 747. The number of halogens is 2. The van der Waals surface area contributed by atoms with E-state index in [0.717, 1.165) is 18.5 Å². The Labute approximate surface area is 139 Å².